The van der Waals surface area contributed by atoms with Crippen LogP contribution in [0.25, 0.3) is 0 Å². The quantitative estimate of drug-likeness (QED) is 0.766. The molecule has 114 valence electrons. The molecule has 2 fully saturated rings. The molecule has 0 radical (unpaired) electrons. The second-order valence-electron chi connectivity index (χ2n) is 6.09. The molecule has 1 aromatic rings. The first-order valence-electron chi connectivity index (χ1n) is 7.22. The minimum Gasteiger partial charge on any atom is -0.336 e. The summed E-state index contributed by atoms with van der Waals surface area (Å²) in [6, 6.07) is 0.0953. The van der Waals surface area contributed by atoms with Crippen molar-refractivity contribution in [3.63, 3.8) is 0 Å². The van der Waals surface area contributed by atoms with Gasteiger partial charge in [0.15, 0.2) is 0 Å². The fourth-order valence-corrected chi connectivity index (χ4v) is 3.39. The first-order chi connectivity index (χ1) is 9.97. The zero-order valence-electron chi connectivity index (χ0n) is 12.7. The van der Waals surface area contributed by atoms with Gasteiger partial charge in [-0.25, -0.2) is 0 Å². The minimum absolute atomic E-state index is 0.00477. The van der Waals surface area contributed by atoms with Gasteiger partial charge >= 0.3 is 0 Å². The summed E-state index contributed by atoms with van der Waals surface area (Å²) in [4.78, 5) is 30.2. The number of amides is 2. The first kappa shape index (κ1) is 14.1. The van der Waals surface area contributed by atoms with Crippen LogP contribution in [-0.2, 0) is 16.6 Å². The number of aromatic nitrogens is 2. The first-order valence-corrected chi connectivity index (χ1v) is 7.22. The van der Waals surface area contributed by atoms with Gasteiger partial charge < -0.3 is 14.7 Å². The summed E-state index contributed by atoms with van der Waals surface area (Å²) < 4.78 is 1.69. The van der Waals surface area contributed by atoms with Crippen LogP contribution in [0.4, 0.5) is 5.69 Å². The molecule has 2 saturated heterocycles. The Kier molecular flexibility index (Phi) is 3.44. The number of hydrogen-bond acceptors (Lipinski definition) is 4. The number of fused-ring (bicyclic) bond motifs is 1. The van der Waals surface area contributed by atoms with E-state index in [1.54, 1.807) is 10.9 Å². The number of rotatable bonds is 3. The lowest BCUT2D eigenvalue weighted by Crippen LogP contribution is -2.43. The highest BCUT2D eigenvalue weighted by atomic mass is 16.2. The topological polar surface area (TPSA) is 61.7 Å². The summed E-state index contributed by atoms with van der Waals surface area (Å²) in [6.45, 7) is 1.12. The molecular formula is C14H21N5O2. The van der Waals surface area contributed by atoms with Crippen molar-refractivity contribution in [1.82, 2.24) is 19.6 Å². The van der Waals surface area contributed by atoms with Crippen LogP contribution in [0.3, 0.4) is 0 Å². The number of nitrogens with zero attached hydrogens (tertiary/aromatic N) is 5. The summed E-state index contributed by atoms with van der Waals surface area (Å²) >= 11 is 0. The molecule has 1 aromatic heterocycles. The van der Waals surface area contributed by atoms with Crippen LogP contribution in [0.15, 0.2) is 12.4 Å². The van der Waals surface area contributed by atoms with Crippen molar-refractivity contribution >= 4 is 17.5 Å². The van der Waals surface area contributed by atoms with E-state index in [1.807, 2.05) is 42.0 Å². The molecule has 3 rings (SSSR count). The summed E-state index contributed by atoms with van der Waals surface area (Å²) in [6.07, 6.45) is 4.82. The fourth-order valence-electron chi connectivity index (χ4n) is 3.39. The van der Waals surface area contributed by atoms with E-state index >= 15 is 0 Å². The molecule has 2 amide bonds. The van der Waals surface area contributed by atoms with E-state index in [-0.39, 0.29) is 23.9 Å². The molecule has 0 spiro atoms. The van der Waals surface area contributed by atoms with Gasteiger partial charge in [-0.05, 0) is 20.5 Å². The molecule has 7 nitrogen and oxygen atoms in total. The van der Waals surface area contributed by atoms with E-state index in [4.69, 9.17) is 0 Å². The molecule has 21 heavy (non-hydrogen) atoms. The maximum absolute atomic E-state index is 12.3. The highest BCUT2D eigenvalue weighted by Crippen LogP contribution is 2.35. The molecule has 0 aromatic carbocycles. The molecule has 3 heterocycles. The Balaban J connectivity index is 1.79. The second kappa shape index (κ2) is 5.14. The average molecular weight is 291 g/mol. The van der Waals surface area contributed by atoms with Gasteiger partial charge in [-0.1, -0.05) is 0 Å². The molecule has 2 atom stereocenters. The number of aryl methyl sites for hydroxylation is 1. The number of carbonyl (C=O) groups excluding carboxylic acids is 2. The molecule has 2 aliphatic rings. The van der Waals surface area contributed by atoms with E-state index in [9.17, 15) is 9.59 Å². The van der Waals surface area contributed by atoms with Crippen LogP contribution in [0, 0.1) is 0 Å². The zero-order chi connectivity index (χ0) is 15.1. The average Bonchev–Trinajstić information content (AvgIpc) is 3.03. The van der Waals surface area contributed by atoms with Crippen LogP contribution in [0.5, 0.6) is 0 Å². The predicted octanol–water partition coefficient (Wildman–Crippen LogP) is -0.312. The third kappa shape index (κ3) is 2.42. The van der Waals surface area contributed by atoms with Crippen molar-refractivity contribution < 1.29 is 9.59 Å². The van der Waals surface area contributed by atoms with Crippen molar-refractivity contribution in [1.29, 1.82) is 0 Å². The number of anilines is 1. The lowest BCUT2D eigenvalue weighted by Gasteiger charge is -2.25. The molecule has 2 aliphatic heterocycles. The van der Waals surface area contributed by atoms with Gasteiger partial charge in [0.25, 0.3) is 0 Å². The lowest BCUT2D eigenvalue weighted by molar-refractivity contribution is -0.132. The maximum atomic E-state index is 12.3. The lowest BCUT2D eigenvalue weighted by atomic mass is 10.1. The van der Waals surface area contributed by atoms with Crippen molar-refractivity contribution in [2.24, 2.45) is 7.05 Å². The van der Waals surface area contributed by atoms with E-state index in [1.165, 1.54) is 0 Å². The normalized spacial score (nSPS) is 25.0. The molecule has 0 aliphatic carbocycles. The Bertz CT molecular complexity index is 567. The predicted molar refractivity (Wildman–Crippen MR) is 77.8 cm³/mol. The summed E-state index contributed by atoms with van der Waals surface area (Å²) in [7, 11) is 5.60. The highest BCUT2D eigenvalue weighted by molar-refractivity contribution is 5.98. The summed E-state index contributed by atoms with van der Waals surface area (Å²) in [5.74, 6) is 0.189. The molecular weight excluding hydrogens is 270 g/mol. The number of carbonyl (C=O) groups is 2. The van der Waals surface area contributed by atoms with Crippen molar-refractivity contribution in [2.75, 3.05) is 32.1 Å². The van der Waals surface area contributed by atoms with Crippen molar-refractivity contribution in [3.8, 4) is 0 Å². The van der Waals surface area contributed by atoms with Crippen LogP contribution in [-0.4, -0.2) is 70.7 Å². The Morgan fingerprint density at radius 2 is 2.19 bits per heavy atom. The number of likely N-dealkylation sites (N-methyl/N-ethyl adjacent to an activating group) is 1. The van der Waals surface area contributed by atoms with E-state index < -0.39 is 0 Å². The zero-order valence-corrected chi connectivity index (χ0v) is 12.7. The Labute approximate surface area is 124 Å². The van der Waals surface area contributed by atoms with Crippen LogP contribution in [0.2, 0.25) is 0 Å². The Hall–Kier alpha value is -1.89. The van der Waals surface area contributed by atoms with E-state index in [0.717, 1.165) is 18.7 Å². The molecule has 0 saturated carbocycles. The van der Waals surface area contributed by atoms with Gasteiger partial charge in [0, 0.05) is 26.2 Å². The Morgan fingerprint density at radius 3 is 2.81 bits per heavy atom. The van der Waals surface area contributed by atoms with E-state index in [2.05, 4.69) is 5.10 Å². The molecule has 0 unspecified atom stereocenters. The minimum atomic E-state index is 0.00477. The third-order valence-electron chi connectivity index (χ3n) is 4.24. The van der Waals surface area contributed by atoms with Gasteiger partial charge in [0.1, 0.15) is 0 Å². The number of likely N-dealkylation sites (tertiary alicyclic amines) is 1. The third-order valence-corrected chi connectivity index (χ3v) is 4.24. The van der Waals surface area contributed by atoms with Gasteiger partial charge in [0.05, 0.1) is 30.5 Å². The van der Waals surface area contributed by atoms with Crippen molar-refractivity contribution in [2.45, 2.75) is 24.9 Å². The van der Waals surface area contributed by atoms with Gasteiger partial charge in [-0.2, -0.15) is 5.10 Å². The molecule has 0 bridgehead atoms. The second-order valence-corrected chi connectivity index (χ2v) is 6.09. The maximum Gasteiger partial charge on any atom is 0.237 e. The van der Waals surface area contributed by atoms with Crippen LogP contribution in [0.1, 0.15) is 12.8 Å². The standard InChI is InChI=1S/C14H21N5O2/c1-16(2)9-14(21)18-5-4-11-12(18)6-13(20)19(11)10-7-15-17(3)8-10/h7-8,11-12H,4-6,9H2,1-3H3/t11-,12-/m0/s1. The highest BCUT2D eigenvalue weighted by Gasteiger charge is 2.49. The van der Waals surface area contributed by atoms with E-state index in [0.29, 0.717) is 13.0 Å². The van der Waals surface area contributed by atoms with Gasteiger partial charge in [-0.3, -0.25) is 14.3 Å². The smallest absolute Gasteiger partial charge is 0.237 e. The summed E-state index contributed by atoms with van der Waals surface area (Å²) in [5, 5.41) is 4.14. The summed E-state index contributed by atoms with van der Waals surface area (Å²) in [5.41, 5.74) is 0.830. The SMILES string of the molecule is CN(C)CC(=O)N1CC[C@H]2[C@@H]1CC(=O)N2c1cnn(C)c1. The Morgan fingerprint density at radius 1 is 1.43 bits per heavy atom. The van der Waals surface area contributed by atoms with Gasteiger partial charge in [0.2, 0.25) is 11.8 Å². The fraction of sp³-hybridized carbons (Fsp3) is 0.643. The van der Waals surface area contributed by atoms with Crippen molar-refractivity contribution in [3.05, 3.63) is 12.4 Å². The van der Waals surface area contributed by atoms with Crippen LogP contribution < -0.4 is 4.90 Å². The largest absolute Gasteiger partial charge is 0.336 e. The molecule has 7 heteroatoms. The monoisotopic (exact) mass is 291 g/mol. The van der Waals surface area contributed by atoms with Gasteiger partial charge in [-0.15, -0.1) is 0 Å². The van der Waals surface area contributed by atoms with Crippen LogP contribution >= 0.6 is 0 Å². The molecule has 0 N–H and O–H groups in total. The number of hydrogen-bond donors (Lipinski definition) is 0.